The first-order valence-corrected chi connectivity index (χ1v) is 6.83. The van der Waals surface area contributed by atoms with Crippen LogP contribution in [-0.4, -0.2) is 24.4 Å². The number of benzene rings is 1. The Balaban J connectivity index is 2.02. The minimum absolute atomic E-state index is 0.0305. The van der Waals surface area contributed by atoms with Crippen LogP contribution in [0.15, 0.2) is 28.6 Å². The summed E-state index contributed by atoms with van der Waals surface area (Å²) in [5.41, 5.74) is 0.943. The van der Waals surface area contributed by atoms with Crippen LogP contribution in [0.3, 0.4) is 0 Å². The maximum Gasteiger partial charge on any atom is 0.396 e. The molecule has 0 aliphatic rings. The summed E-state index contributed by atoms with van der Waals surface area (Å²) < 4.78 is 14.9. The fourth-order valence-electron chi connectivity index (χ4n) is 1.77. The topological polar surface area (TPSA) is 89.6 Å². The Morgan fingerprint density at radius 2 is 2.29 bits per heavy atom. The molecule has 0 radical (unpaired) electrons. The predicted octanol–water partition coefficient (Wildman–Crippen LogP) is 3.15. The van der Waals surface area contributed by atoms with Gasteiger partial charge in [0.1, 0.15) is 5.82 Å². The molecule has 2 aromatic heterocycles. The number of rotatable bonds is 3. The minimum Gasteiger partial charge on any atom is -0.358 e. The number of fused-ring (bicyclic) bond motifs is 1. The van der Waals surface area contributed by atoms with Gasteiger partial charge in [0.15, 0.2) is 10.2 Å². The van der Waals surface area contributed by atoms with Gasteiger partial charge in [-0.05, 0) is 27.7 Å². The summed E-state index contributed by atoms with van der Waals surface area (Å²) in [6.45, 7) is 0. The lowest BCUT2D eigenvalue weighted by atomic mass is 10.3. The molecule has 0 saturated carbocycles. The van der Waals surface area contributed by atoms with Crippen LogP contribution >= 0.6 is 23.4 Å². The van der Waals surface area contributed by atoms with Crippen molar-refractivity contribution in [2.75, 3.05) is 0 Å². The van der Waals surface area contributed by atoms with Crippen molar-refractivity contribution >= 4 is 40.2 Å². The van der Waals surface area contributed by atoms with Gasteiger partial charge in [0.25, 0.3) is 0 Å². The molecule has 0 fully saturated rings. The van der Waals surface area contributed by atoms with Crippen LogP contribution in [0, 0.1) is 15.9 Å². The van der Waals surface area contributed by atoms with Gasteiger partial charge in [0.2, 0.25) is 6.33 Å². The van der Waals surface area contributed by atoms with Gasteiger partial charge in [0, 0.05) is 13.1 Å². The molecule has 1 N–H and O–H groups in total. The Hall–Kier alpha value is -2.13. The zero-order chi connectivity index (χ0) is 15.1. The third kappa shape index (κ3) is 2.45. The third-order valence-electron chi connectivity index (χ3n) is 2.73. The average Bonchev–Trinajstić information content (AvgIpc) is 2.95. The van der Waals surface area contributed by atoms with E-state index in [4.69, 9.17) is 11.6 Å². The number of aromatic nitrogens is 4. The second kappa shape index (κ2) is 5.01. The molecule has 3 aromatic rings. The number of hydrogen-bond donors (Lipinski definition) is 1. The van der Waals surface area contributed by atoms with Crippen molar-refractivity contribution < 1.29 is 9.31 Å². The highest BCUT2D eigenvalue weighted by atomic mass is 35.5. The van der Waals surface area contributed by atoms with Gasteiger partial charge >= 0.3 is 5.82 Å². The Morgan fingerprint density at radius 1 is 1.52 bits per heavy atom. The molecular weight excluding hydrogens is 321 g/mol. The maximum absolute atomic E-state index is 13.4. The smallest absolute Gasteiger partial charge is 0.358 e. The Kier molecular flexibility index (Phi) is 3.30. The fourth-order valence-corrected chi connectivity index (χ4v) is 2.83. The molecule has 1 aromatic carbocycles. The maximum atomic E-state index is 13.4. The van der Waals surface area contributed by atoms with E-state index >= 15 is 0 Å². The van der Waals surface area contributed by atoms with Crippen LogP contribution < -0.4 is 0 Å². The quantitative estimate of drug-likeness (QED) is 0.589. The summed E-state index contributed by atoms with van der Waals surface area (Å²) in [7, 11) is 1.64. The van der Waals surface area contributed by atoms with E-state index in [1.807, 2.05) is 0 Å². The number of aryl methyl sites for hydroxylation is 1. The lowest BCUT2D eigenvalue weighted by molar-refractivity contribution is -0.392. The van der Waals surface area contributed by atoms with Gasteiger partial charge in [0.05, 0.1) is 16.1 Å². The van der Waals surface area contributed by atoms with E-state index in [2.05, 4.69) is 15.0 Å². The van der Waals surface area contributed by atoms with E-state index < -0.39 is 10.7 Å². The molecule has 0 bridgehead atoms. The molecule has 7 nitrogen and oxygen atoms in total. The van der Waals surface area contributed by atoms with Crippen LogP contribution in [0.4, 0.5) is 10.2 Å². The summed E-state index contributed by atoms with van der Waals surface area (Å²) in [6.07, 6.45) is 1.35. The molecule has 0 saturated heterocycles. The lowest BCUT2D eigenvalue weighted by Gasteiger charge is -1.98. The molecule has 0 spiro atoms. The summed E-state index contributed by atoms with van der Waals surface area (Å²) in [4.78, 5) is 21.2. The summed E-state index contributed by atoms with van der Waals surface area (Å²) >= 11 is 6.73. The van der Waals surface area contributed by atoms with Crippen molar-refractivity contribution in [3.63, 3.8) is 0 Å². The first-order valence-electron chi connectivity index (χ1n) is 5.64. The second-order valence-corrected chi connectivity index (χ2v) is 5.55. The van der Waals surface area contributed by atoms with E-state index in [1.165, 1.54) is 23.0 Å². The molecule has 21 heavy (non-hydrogen) atoms. The van der Waals surface area contributed by atoms with Crippen molar-refractivity contribution in [1.82, 2.24) is 19.5 Å². The molecule has 10 heteroatoms. The van der Waals surface area contributed by atoms with Gasteiger partial charge in [-0.2, -0.15) is 0 Å². The number of nitrogens with zero attached hydrogens (tertiary/aromatic N) is 4. The highest BCUT2D eigenvalue weighted by Crippen LogP contribution is 2.33. The summed E-state index contributed by atoms with van der Waals surface area (Å²) in [5.74, 6) is -0.817. The van der Waals surface area contributed by atoms with Crippen molar-refractivity contribution in [3.05, 3.63) is 39.4 Å². The highest BCUT2D eigenvalue weighted by molar-refractivity contribution is 7.99. The summed E-state index contributed by atoms with van der Waals surface area (Å²) in [5, 5.41) is 11.6. The number of hydrogen-bond acceptors (Lipinski definition) is 5. The number of nitro groups is 1. The van der Waals surface area contributed by atoms with Crippen LogP contribution in [0.2, 0.25) is 5.02 Å². The molecule has 0 aliphatic carbocycles. The first kappa shape index (κ1) is 13.8. The second-order valence-electron chi connectivity index (χ2n) is 4.17. The third-order valence-corrected chi connectivity index (χ3v) is 4.07. The zero-order valence-electron chi connectivity index (χ0n) is 10.5. The highest BCUT2D eigenvalue weighted by Gasteiger charge is 2.22. The van der Waals surface area contributed by atoms with Crippen LogP contribution in [0.5, 0.6) is 0 Å². The standard InChI is InChI=1S/C11H7ClFN5O2S/c1-17-4-14-9(18(19)20)10(17)21-11-15-7-2-5(12)6(13)3-8(7)16-11/h2-4H,1H3,(H,15,16). The van der Waals surface area contributed by atoms with E-state index in [0.29, 0.717) is 21.2 Å². The summed E-state index contributed by atoms with van der Waals surface area (Å²) in [6, 6.07) is 2.62. The number of imidazole rings is 2. The molecule has 3 rings (SSSR count). The van der Waals surface area contributed by atoms with Gasteiger partial charge < -0.3 is 19.7 Å². The Bertz CT molecular complexity index is 823. The molecule has 0 atom stereocenters. The normalized spacial score (nSPS) is 11.2. The van der Waals surface area contributed by atoms with E-state index in [1.54, 1.807) is 7.05 Å². The van der Waals surface area contributed by atoms with Crippen LogP contribution in [0.25, 0.3) is 11.0 Å². The van der Waals surface area contributed by atoms with E-state index in [9.17, 15) is 14.5 Å². The Morgan fingerprint density at radius 3 is 3.00 bits per heavy atom. The number of halogens is 2. The largest absolute Gasteiger partial charge is 0.396 e. The van der Waals surface area contributed by atoms with Gasteiger partial charge in [-0.1, -0.05) is 11.6 Å². The number of aromatic amines is 1. The van der Waals surface area contributed by atoms with Crippen molar-refractivity contribution in [2.45, 2.75) is 10.2 Å². The molecule has 0 amide bonds. The Labute approximate surface area is 126 Å². The van der Waals surface area contributed by atoms with Gasteiger partial charge in [-0.3, -0.25) is 0 Å². The van der Waals surface area contributed by atoms with Crippen LogP contribution in [0.1, 0.15) is 0 Å². The lowest BCUT2D eigenvalue weighted by Crippen LogP contribution is -1.93. The van der Waals surface area contributed by atoms with E-state index in [-0.39, 0.29) is 10.8 Å². The van der Waals surface area contributed by atoms with Crippen molar-refractivity contribution in [3.8, 4) is 0 Å². The molecule has 108 valence electrons. The number of H-pyrrole nitrogens is 1. The first-order chi connectivity index (χ1) is 9.95. The fraction of sp³-hybridized carbons (Fsp3) is 0.0909. The zero-order valence-corrected chi connectivity index (χ0v) is 12.1. The monoisotopic (exact) mass is 327 g/mol. The van der Waals surface area contributed by atoms with Gasteiger partial charge in [-0.25, -0.2) is 9.37 Å². The number of nitrogens with one attached hydrogen (secondary N) is 1. The van der Waals surface area contributed by atoms with Crippen LogP contribution in [-0.2, 0) is 7.05 Å². The molecule has 2 heterocycles. The molecule has 0 unspecified atom stereocenters. The molecule has 0 aliphatic heterocycles. The SMILES string of the molecule is Cn1cnc([N+](=O)[O-])c1Sc1nc2cc(Cl)c(F)cc2[nH]1. The van der Waals surface area contributed by atoms with Crippen molar-refractivity contribution in [2.24, 2.45) is 7.05 Å². The minimum atomic E-state index is -0.568. The predicted molar refractivity (Wildman–Crippen MR) is 75.0 cm³/mol. The molecular formula is C11H7ClFN5O2S. The van der Waals surface area contributed by atoms with Gasteiger partial charge in [-0.15, -0.1) is 0 Å². The van der Waals surface area contributed by atoms with E-state index in [0.717, 1.165) is 11.8 Å². The van der Waals surface area contributed by atoms with Crippen molar-refractivity contribution in [1.29, 1.82) is 0 Å². The average molecular weight is 328 g/mol.